The molecule has 0 saturated heterocycles. The molecule has 0 N–H and O–H groups in total. The zero-order valence-electron chi connectivity index (χ0n) is 17.2. The van der Waals surface area contributed by atoms with Crippen LogP contribution >= 0.6 is 0 Å². The van der Waals surface area contributed by atoms with Crippen molar-refractivity contribution in [1.29, 1.82) is 0 Å². The molecule has 2 aromatic rings. The molecule has 2 aliphatic carbocycles. The molecule has 2 nitrogen and oxygen atoms in total. The quantitative estimate of drug-likeness (QED) is 0.633. The molecule has 144 valence electrons. The molecule has 1 fully saturated rings. The Hall–Kier alpha value is -2.42. The molecule has 0 aromatic heterocycles. The van der Waals surface area contributed by atoms with E-state index in [1.54, 1.807) is 5.56 Å². The summed E-state index contributed by atoms with van der Waals surface area (Å²) in [5.41, 5.74) is 6.38. The molecule has 3 heteroatoms. The van der Waals surface area contributed by atoms with E-state index < -0.39 is 0 Å². The van der Waals surface area contributed by atoms with Gasteiger partial charge in [0, 0.05) is 22.5 Å². The van der Waals surface area contributed by atoms with Gasteiger partial charge in [0.15, 0.2) is 0 Å². The summed E-state index contributed by atoms with van der Waals surface area (Å²) in [6.07, 6.45) is 12.1. The van der Waals surface area contributed by atoms with Crippen molar-refractivity contribution in [1.82, 2.24) is 0 Å². The van der Waals surface area contributed by atoms with Gasteiger partial charge in [-0.1, -0.05) is 68.3 Å². The zero-order valence-corrected chi connectivity index (χ0v) is 17.2. The standard InChI is InChI=1S/C26H26BNO/c1-25-15-5-6-16-26(25,2)28-20-12-8-14-22-23(20)27(18-10-3-4-13-21(18)29-22)19-11-7-9-17(25)24(19)28/h3-4,7-14,20,23H,5-6,15-16H2,1-2H3. The topological polar surface area (TPSA) is 12.5 Å². The maximum absolute atomic E-state index is 6.47. The van der Waals surface area contributed by atoms with Crippen molar-refractivity contribution in [3.63, 3.8) is 0 Å². The number of benzene rings is 2. The molecule has 0 radical (unpaired) electrons. The maximum Gasteiger partial charge on any atom is 0.230 e. The molecular formula is C26H26BNO. The van der Waals surface area contributed by atoms with E-state index in [2.05, 4.69) is 79.4 Å². The molecule has 0 bridgehead atoms. The summed E-state index contributed by atoms with van der Waals surface area (Å²) in [5.74, 6) is 2.54. The Labute approximate surface area is 173 Å². The Morgan fingerprint density at radius 3 is 2.76 bits per heavy atom. The van der Waals surface area contributed by atoms with Gasteiger partial charge in [-0.25, -0.2) is 0 Å². The van der Waals surface area contributed by atoms with E-state index in [9.17, 15) is 0 Å². The first-order valence-electron chi connectivity index (χ1n) is 11.2. The Morgan fingerprint density at radius 1 is 1.00 bits per heavy atom. The van der Waals surface area contributed by atoms with Crippen LogP contribution in [0.4, 0.5) is 5.69 Å². The van der Waals surface area contributed by atoms with E-state index in [0.29, 0.717) is 18.6 Å². The van der Waals surface area contributed by atoms with Crippen LogP contribution in [0.1, 0.15) is 45.1 Å². The fraction of sp³-hybridized carbons (Fsp3) is 0.385. The molecule has 7 rings (SSSR count). The van der Waals surface area contributed by atoms with Crippen molar-refractivity contribution in [3.05, 3.63) is 72.0 Å². The molecule has 4 atom stereocenters. The highest BCUT2D eigenvalue weighted by molar-refractivity contribution is 6.89. The predicted molar refractivity (Wildman–Crippen MR) is 120 cm³/mol. The lowest BCUT2D eigenvalue weighted by Gasteiger charge is -2.56. The smallest absolute Gasteiger partial charge is 0.230 e. The third kappa shape index (κ3) is 1.73. The number of ether oxygens (including phenoxy) is 1. The van der Waals surface area contributed by atoms with Gasteiger partial charge in [-0.15, -0.1) is 0 Å². The molecule has 4 unspecified atom stereocenters. The number of rotatable bonds is 0. The minimum atomic E-state index is 0.170. The van der Waals surface area contributed by atoms with Crippen molar-refractivity contribution in [3.8, 4) is 5.75 Å². The van der Waals surface area contributed by atoms with Crippen LogP contribution in [0.25, 0.3) is 0 Å². The van der Waals surface area contributed by atoms with Crippen molar-refractivity contribution in [2.45, 2.75) is 62.3 Å². The van der Waals surface area contributed by atoms with Crippen molar-refractivity contribution in [2.24, 2.45) is 0 Å². The van der Waals surface area contributed by atoms with Crippen LogP contribution in [-0.2, 0) is 5.41 Å². The number of fused-ring (bicyclic) bond motifs is 7. The molecular weight excluding hydrogens is 353 g/mol. The fourth-order valence-corrected chi connectivity index (χ4v) is 7.44. The average molecular weight is 379 g/mol. The van der Waals surface area contributed by atoms with Gasteiger partial charge in [-0.05, 0) is 48.4 Å². The van der Waals surface area contributed by atoms with E-state index in [1.807, 2.05) is 0 Å². The van der Waals surface area contributed by atoms with Crippen LogP contribution in [0.15, 0.2) is 66.5 Å². The SMILES string of the molecule is CC12CCCCC1(C)N1c3c(cccc32)B2c3ccccc3OC3=CC=CC1C23. The van der Waals surface area contributed by atoms with Gasteiger partial charge in [0.25, 0.3) is 0 Å². The van der Waals surface area contributed by atoms with Crippen LogP contribution in [-0.4, -0.2) is 18.3 Å². The van der Waals surface area contributed by atoms with Crippen molar-refractivity contribution < 1.29 is 4.74 Å². The summed E-state index contributed by atoms with van der Waals surface area (Å²) < 4.78 is 6.47. The lowest BCUT2D eigenvalue weighted by molar-refractivity contribution is 0.175. The predicted octanol–water partition coefficient (Wildman–Crippen LogP) is 4.30. The van der Waals surface area contributed by atoms with Crippen molar-refractivity contribution >= 4 is 23.3 Å². The monoisotopic (exact) mass is 379 g/mol. The lowest BCUT2D eigenvalue weighted by atomic mass is 9.29. The van der Waals surface area contributed by atoms with Gasteiger partial charge < -0.3 is 9.64 Å². The first-order valence-corrected chi connectivity index (χ1v) is 11.2. The van der Waals surface area contributed by atoms with Crippen LogP contribution in [0, 0.1) is 0 Å². The number of para-hydroxylation sites is 2. The Balaban J connectivity index is 1.57. The highest BCUT2D eigenvalue weighted by Crippen LogP contribution is 2.61. The third-order valence-corrected chi connectivity index (χ3v) is 8.95. The normalized spacial score (nSPS) is 35.2. The number of allylic oxidation sites excluding steroid dienone is 2. The summed E-state index contributed by atoms with van der Waals surface area (Å²) in [6.45, 7) is 5.46. The van der Waals surface area contributed by atoms with Crippen LogP contribution in [0.5, 0.6) is 5.75 Å². The number of anilines is 1. The fourth-order valence-electron chi connectivity index (χ4n) is 7.44. The summed E-state index contributed by atoms with van der Waals surface area (Å²) in [7, 11) is 0. The molecule has 1 saturated carbocycles. The average Bonchev–Trinajstić information content (AvgIpc) is 2.96. The van der Waals surface area contributed by atoms with Gasteiger partial charge in [0.2, 0.25) is 6.71 Å². The van der Waals surface area contributed by atoms with Crippen LogP contribution in [0.3, 0.4) is 0 Å². The summed E-state index contributed by atoms with van der Waals surface area (Å²) in [6, 6.07) is 16.2. The van der Waals surface area contributed by atoms with Gasteiger partial charge in [0.1, 0.15) is 11.5 Å². The molecule has 29 heavy (non-hydrogen) atoms. The Kier molecular flexibility index (Phi) is 2.93. The van der Waals surface area contributed by atoms with E-state index in [0.717, 1.165) is 11.5 Å². The Morgan fingerprint density at radius 2 is 1.83 bits per heavy atom. The van der Waals surface area contributed by atoms with Gasteiger partial charge >= 0.3 is 0 Å². The summed E-state index contributed by atoms with van der Waals surface area (Å²) in [5, 5.41) is 0. The second-order valence-electron chi connectivity index (χ2n) is 10.0. The molecule has 3 aliphatic heterocycles. The highest BCUT2D eigenvalue weighted by atomic mass is 16.5. The third-order valence-electron chi connectivity index (χ3n) is 8.95. The first kappa shape index (κ1) is 16.4. The molecule has 0 spiro atoms. The van der Waals surface area contributed by atoms with Gasteiger partial charge in [0.05, 0.1) is 6.04 Å². The van der Waals surface area contributed by atoms with Crippen LogP contribution in [0.2, 0.25) is 5.82 Å². The lowest BCUT2D eigenvalue weighted by Crippen LogP contribution is -2.67. The van der Waals surface area contributed by atoms with E-state index in [4.69, 9.17) is 4.74 Å². The number of hydrogen-bond acceptors (Lipinski definition) is 2. The molecule has 5 aliphatic rings. The second kappa shape index (κ2) is 5.19. The molecule has 0 amide bonds. The summed E-state index contributed by atoms with van der Waals surface area (Å²) >= 11 is 0. The van der Waals surface area contributed by atoms with E-state index in [-0.39, 0.29) is 11.0 Å². The second-order valence-corrected chi connectivity index (χ2v) is 10.0. The molecule has 3 heterocycles. The van der Waals surface area contributed by atoms with Gasteiger partial charge in [-0.2, -0.15) is 0 Å². The first-order chi connectivity index (χ1) is 14.1. The van der Waals surface area contributed by atoms with E-state index >= 15 is 0 Å². The number of nitrogens with zero attached hydrogens (tertiary/aromatic N) is 1. The zero-order chi connectivity index (χ0) is 19.4. The minimum Gasteiger partial charge on any atom is -0.463 e. The largest absolute Gasteiger partial charge is 0.463 e. The summed E-state index contributed by atoms with van der Waals surface area (Å²) in [4.78, 5) is 2.83. The van der Waals surface area contributed by atoms with E-state index in [1.165, 1.54) is 42.3 Å². The Bertz CT molecular complexity index is 1120. The minimum absolute atomic E-state index is 0.170. The van der Waals surface area contributed by atoms with Crippen molar-refractivity contribution in [2.75, 3.05) is 4.90 Å². The highest BCUT2D eigenvalue weighted by Gasteiger charge is 2.63. The molecule has 2 aromatic carbocycles. The maximum atomic E-state index is 6.47. The van der Waals surface area contributed by atoms with Crippen LogP contribution < -0.4 is 20.6 Å². The number of hydrogen-bond donors (Lipinski definition) is 0. The van der Waals surface area contributed by atoms with Gasteiger partial charge in [-0.3, -0.25) is 0 Å².